The molecule has 1 fully saturated rings. The van der Waals surface area contributed by atoms with Gasteiger partial charge in [0.1, 0.15) is 11.6 Å². The first-order valence-corrected chi connectivity index (χ1v) is 11.0. The Bertz CT molecular complexity index is 1260. The van der Waals surface area contributed by atoms with E-state index >= 15 is 0 Å². The van der Waals surface area contributed by atoms with Crippen LogP contribution in [0.2, 0.25) is 5.02 Å². The highest BCUT2D eigenvalue weighted by molar-refractivity contribution is 7.89. The number of hydrogen-bond donors (Lipinski definition) is 0. The average Bonchev–Trinajstić information content (AvgIpc) is 3.25. The molecule has 1 atom stereocenters. The average molecular weight is 449 g/mol. The van der Waals surface area contributed by atoms with Crippen LogP contribution in [0.25, 0.3) is 10.9 Å². The summed E-state index contributed by atoms with van der Waals surface area (Å²) in [5.74, 6) is -0.744. The van der Waals surface area contributed by atoms with Crippen molar-refractivity contribution in [2.45, 2.75) is 30.5 Å². The van der Waals surface area contributed by atoms with Gasteiger partial charge in [-0.3, -0.25) is 9.59 Å². The van der Waals surface area contributed by atoms with Gasteiger partial charge in [-0.05, 0) is 49.2 Å². The normalized spacial score (nSPS) is 17.3. The summed E-state index contributed by atoms with van der Waals surface area (Å²) >= 11 is 5.83. The van der Waals surface area contributed by atoms with Gasteiger partial charge in [0.15, 0.2) is 6.73 Å². The lowest BCUT2D eigenvalue weighted by Gasteiger charge is -2.22. The smallest absolute Gasteiger partial charge is 0.326 e. The van der Waals surface area contributed by atoms with Crippen LogP contribution in [0.1, 0.15) is 12.8 Å². The molecule has 0 amide bonds. The molecular weight excluding hydrogens is 432 g/mol. The largest absolute Gasteiger partial charge is 0.441 e. The summed E-state index contributed by atoms with van der Waals surface area (Å²) in [6.07, 6.45) is 0.840. The van der Waals surface area contributed by atoms with E-state index in [2.05, 4.69) is 10.3 Å². The van der Waals surface area contributed by atoms with Crippen LogP contribution in [0, 0.1) is 0 Å². The van der Waals surface area contributed by atoms with Crippen molar-refractivity contribution in [3.05, 3.63) is 63.9 Å². The van der Waals surface area contributed by atoms with Gasteiger partial charge in [0, 0.05) is 11.6 Å². The number of carbonyl (C=O) groups is 1. The molecule has 0 aliphatic carbocycles. The number of rotatable bonds is 5. The Balaban J connectivity index is 1.51. The Morgan fingerprint density at radius 3 is 2.67 bits per heavy atom. The number of halogens is 1. The van der Waals surface area contributed by atoms with Crippen LogP contribution in [-0.4, -0.2) is 46.3 Å². The lowest BCUT2D eigenvalue weighted by molar-refractivity contribution is -0.152. The molecule has 2 aromatic carbocycles. The predicted octanol–water partition coefficient (Wildman–Crippen LogP) is 1.80. The van der Waals surface area contributed by atoms with Gasteiger partial charge < -0.3 is 4.74 Å². The number of ether oxygens (including phenoxy) is 1. The first-order valence-electron chi connectivity index (χ1n) is 9.14. The van der Waals surface area contributed by atoms with Gasteiger partial charge in [-0.1, -0.05) is 28.9 Å². The molecule has 0 N–H and O–H groups in total. The summed E-state index contributed by atoms with van der Waals surface area (Å²) in [6, 6.07) is 11.4. The van der Waals surface area contributed by atoms with E-state index in [0.29, 0.717) is 28.8 Å². The predicted molar refractivity (Wildman–Crippen MR) is 108 cm³/mol. The second-order valence-electron chi connectivity index (χ2n) is 6.73. The Morgan fingerprint density at radius 1 is 1.17 bits per heavy atom. The number of nitrogens with zero attached hydrogens (tertiary/aromatic N) is 4. The highest BCUT2D eigenvalue weighted by Gasteiger charge is 2.40. The fraction of sp³-hybridized carbons (Fsp3) is 0.263. The number of sulfonamides is 1. The van der Waals surface area contributed by atoms with Crippen molar-refractivity contribution in [3.8, 4) is 0 Å². The summed E-state index contributed by atoms with van der Waals surface area (Å²) in [7, 11) is -3.89. The van der Waals surface area contributed by atoms with Gasteiger partial charge >= 0.3 is 5.97 Å². The van der Waals surface area contributed by atoms with E-state index in [1.165, 1.54) is 24.3 Å². The zero-order chi connectivity index (χ0) is 21.3. The van der Waals surface area contributed by atoms with Crippen LogP contribution in [-0.2, 0) is 26.3 Å². The van der Waals surface area contributed by atoms with E-state index in [4.69, 9.17) is 16.3 Å². The minimum atomic E-state index is -3.89. The molecule has 0 bridgehead atoms. The third kappa shape index (κ3) is 3.81. The molecule has 3 aromatic rings. The fourth-order valence-corrected chi connectivity index (χ4v) is 5.11. The Hall–Kier alpha value is -2.82. The van der Waals surface area contributed by atoms with E-state index in [1.54, 1.807) is 24.3 Å². The van der Waals surface area contributed by atoms with Crippen LogP contribution in [0.15, 0.2) is 58.2 Å². The standard InChI is InChI=1S/C19H17ClN4O5S/c20-13-7-9-14(10-8-13)30(27,28)24-11-3-6-17(24)19(26)29-12-23-18(25)15-4-1-2-5-16(15)21-22-23/h1-2,4-5,7-10,17H,3,6,11-12H2/t17-/m1/s1. The molecule has 4 rings (SSSR count). The molecule has 11 heteroatoms. The van der Waals surface area contributed by atoms with Crippen molar-refractivity contribution in [1.29, 1.82) is 0 Å². The SMILES string of the molecule is O=C(OCn1nnc2ccccc2c1=O)[C@H]1CCCN1S(=O)(=O)c1ccc(Cl)cc1. The first-order chi connectivity index (χ1) is 14.4. The number of benzene rings is 2. The minimum absolute atomic E-state index is 0.0446. The molecule has 1 aliphatic rings. The quantitative estimate of drug-likeness (QED) is 0.547. The second-order valence-corrected chi connectivity index (χ2v) is 9.06. The number of fused-ring (bicyclic) bond motifs is 1. The third-order valence-electron chi connectivity index (χ3n) is 4.85. The van der Waals surface area contributed by atoms with Gasteiger partial charge in [0.2, 0.25) is 10.0 Å². The highest BCUT2D eigenvalue weighted by atomic mass is 35.5. The maximum atomic E-state index is 12.9. The van der Waals surface area contributed by atoms with Gasteiger partial charge in [-0.25, -0.2) is 8.42 Å². The number of esters is 1. The van der Waals surface area contributed by atoms with Gasteiger partial charge in [-0.15, -0.1) is 5.10 Å². The molecule has 0 saturated carbocycles. The van der Waals surface area contributed by atoms with Crippen LogP contribution in [0.4, 0.5) is 0 Å². The Morgan fingerprint density at radius 2 is 1.90 bits per heavy atom. The molecule has 0 spiro atoms. The lowest BCUT2D eigenvalue weighted by atomic mass is 10.2. The molecule has 1 aromatic heterocycles. The lowest BCUT2D eigenvalue weighted by Crippen LogP contribution is -2.42. The van der Waals surface area contributed by atoms with E-state index in [1.807, 2.05) is 0 Å². The summed E-state index contributed by atoms with van der Waals surface area (Å²) < 4.78 is 33.1. The van der Waals surface area contributed by atoms with E-state index in [0.717, 1.165) is 8.99 Å². The zero-order valence-electron chi connectivity index (χ0n) is 15.6. The topological polar surface area (TPSA) is 111 Å². The van der Waals surface area contributed by atoms with E-state index in [-0.39, 0.29) is 11.4 Å². The van der Waals surface area contributed by atoms with Crippen molar-refractivity contribution < 1.29 is 17.9 Å². The molecule has 1 saturated heterocycles. The van der Waals surface area contributed by atoms with Crippen LogP contribution >= 0.6 is 11.6 Å². The second kappa shape index (κ2) is 8.13. The maximum absolute atomic E-state index is 12.9. The van der Waals surface area contributed by atoms with Crippen molar-refractivity contribution in [1.82, 2.24) is 19.3 Å². The number of aromatic nitrogens is 3. The number of carbonyl (C=O) groups excluding carboxylic acids is 1. The summed E-state index contributed by atoms with van der Waals surface area (Å²) in [6.45, 7) is -0.263. The summed E-state index contributed by atoms with van der Waals surface area (Å²) in [4.78, 5) is 25.1. The molecule has 0 unspecified atom stereocenters. The molecule has 1 aliphatic heterocycles. The molecule has 30 heavy (non-hydrogen) atoms. The molecular formula is C19H17ClN4O5S. The minimum Gasteiger partial charge on any atom is -0.441 e. The Labute approximate surface area is 176 Å². The van der Waals surface area contributed by atoms with Gasteiger partial charge in [0.05, 0.1) is 10.3 Å². The Kier molecular flexibility index (Phi) is 5.54. The molecule has 0 radical (unpaired) electrons. The van der Waals surface area contributed by atoms with Crippen molar-refractivity contribution >= 4 is 38.5 Å². The van der Waals surface area contributed by atoms with Crippen molar-refractivity contribution in [2.24, 2.45) is 0 Å². The maximum Gasteiger partial charge on any atom is 0.326 e. The van der Waals surface area contributed by atoms with Crippen LogP contribution < -0.4 is 5.56 Å². The molecule has 9 nitrogen and oxygen atoms in total. The van der Waals surface area contributed by atoms with E-state index < -0.39 is 34.3 Å². The fourth-order valence-electron chi connectivity index (χ4n) is 3.33. The summed E-state index contributed by atoms with van der Waals surface area (Å²) in [5, 5.41) is 8.44. The van der Waals surface area contributed by atoms with Crippen molar-refractivity contribution in [3.63, 3.8) is 0 Å². The van der Waals surface area contributed by atoms with Gasteiger partial charge in [0.25, 0.3) is 5.56 Å². The van der Waals surface area contributed by atoms with E-state index in [9.17, 15) is 18.0 Å². The van der Waals surface area contributed by atoms with Crippen LogP contribution in [0.3, 0.4) is 0 Å². The highest BCUT2D eigenvalue weighted by Crippen LogP contribution is 2.27. The van der Waals surface area contributed by atoms with Crippen LogP contribution in [0.5, 0.6) is 0 Å². The molecule has 2 heterocycles. The molecule has 156 valence electrons. The first kappa shape index (κ1) is 20.5. The summed E-state index contributed by atoms with van der Waals surface area (Å²) in [5.41, 5.74) is -0.0217. The van der Waals surface area contributed by atoms with Gasteiger partial charge in [-0.2, -0.15) is 8.99 Å². The third-order valence-corrected chi connectivity index (χ3v) is 7.03. The van der Waals surface area contributed by atoms with Crippen molar-refractivity contribution in [2.75, 3.05) is 6.54 Å². The number of hydrogen-bond acceptors (Lipinski definition) is 7. The monoisotopic (exact) mass is 448 g/mol. The zero-order valence-corrected chi connectivity index (χ0v) is 17.2.